The smallest absolute Gasteiger partial charge is 0.312 e. The molecule has 9 heteroatoms. The van der Waals surface area contributed by atoms with E-state index in [1.807, 2.05) is 36.4 Å². The van der Waals surface area contributed by atoms with Crippen molar-refractivity contribution < 1.29 is 9.59 Å². The first-order chi connectivity index (χ1) is 13.0. The van der Waals surface area contributed by atoms with Gasteiger partial charge in [0.15, 0.2) is 5.82 Å². The van der Waals surface area contributed by atoms with Gasteiger partial charge in [0.25, 0.3) is 0 Å². The number of benzene rings is 2. The number of tetrazole rings is 1. The molecule has 1 aromatic heterocycles. The first kappa shape index (κ1) is 18.1. The van der Waals surface area contributed by atoms with Crippen LogP contribution in [0.3, 0.4) is 0 Å². The lowest BCUT2D eigenvalue weighted by molar-refractivity contribution is -0.116. The van der Waals surface area contributed by atoms with Gasteiger partial charge in [-0.15, -0.1) is 5.10 Å². The lowest BCUT2D eigenvalue weighted by Crippen LogP contribution is -2.35. The number of hydrogen-bond donors (Lipinski definition) is 3. The Balaban J connectivity index is 1.72. The monoisotopic (exact) mass is 365 g/mol. The van der Waals surface area contributed by atoms with Crippen LogP contribution in [-0.4, -0.2) is 32.1 Å². The van der Waals surface area contributed by atoms with Crippen molar-refractivity contribution >= 4 is 17.6 Å². The van der Waals surface area contributed by atoms with Crippen molar-refractivity contribution in [3.05, 3.63) is 60.2 Å². The summed E-state index contributed by atoms with van der Waals surface area (Å²) in [4.78, 5) is 23.8. The lowest BCUT2D eigenvalue weighted by atomic mass is 10.0. The average molecular weight is 365 g/mol. The molecule has 0 bridgehead atoms. The van der Waals surface area contributed by atoms with Gasteiger partial charge in [-0.05, 0) is 28.1 Å². The molecule has 0 aliphatic rings. The summed E-state index contributed by atoms with van der Waals surface area (Å²) in [6.07, 6.45) is 0.0443. The molecule has 138 valence electrons. The maximum absolute atomic E-state index is 12.5. The Morgan fingerprint density at radius 1 is 1.15 bits per heavy atom. The first-order valence-electron chi connectivity index (χ1n) is 8.26. The quantitative estimate of drug-likeness (QED) is 0.611. The second-order valence-electron chi connectivity index (χ2n) is 5.93. The summed E-state index contributed by atoms with van der Waals surface area (Å²) in [6, 6.07) is 15.2. The van der Waals surface area contributed by atoms with Gasteiger partial charge in [0.05, 0.1) is 12.5 Å². The van der Waals surface area contributed by atoms with Crippen molar-refractivity contribution in [1.82, 2.24) is 25.5 Å². The van der Waals surface area contributed by atoms with Gasteiger partial charge in [-0.2, -0.15) is 0 Å². The van der Waals surface area contributed by atoms with Crippen LogP contribution in [-0.2, 0) is 11.8 Å². The number of nitrogens with one attached hydrogen (secondary N) is 2. The number of anilines is 1. The summed E-state index contributed by atoms with van der Waals surface area (Å²) >= 11 is 0. The third-order valence-electron chi connectivity index (χ3n) is 3.93. The number of carbonyl (C=O) groups excluding carboxylic acids is 2. The minimum absolute atomic E-state index is 0.0443. The molecule has 9 nitrogen and oxygen atoms in total. The molecule has 0 aliphatic heterocycles. The predicted octanol–water partition coefficient (Wildman–Crippen LogP) is 1.62. The number of nitrogens with zero attached hydrogens (tertiary/aromatic N) is 4. The van der Waals surface area contributed by atoms with Crippen LogP contribution < -0.4 is 16.4 Å². The van der Waals surface area contributed by atoms with Gasteiger partial charge in [0.2, 0.25) is 5.91 Å². The van der Waals surface area contributed by atoms with E-state index in [-0.39, 0.29) is 12.3 Å². The SMILES string of the molecule is Cn1nnnc1-c1cccc(NC(=O)C[C@H](NC(N)=O)c2ccccc2)c1. The Morgan fingerprint density at radius 2 is 1.93 bits per heavy atom. The minimum Gasteiger partial charge on any atom is -0.352 e. The van der Waals surface area contributed by atoms with Gasteiger partial charge in [-0.25, -0.2) is 9.48 Å². The zero-order valence-electron chi connectivity index (χ0n) is 14.7. The van der Waals surface area contributed by atoms with Crippen LogP contribution in [0, 0.1) is 0 Å². The molecule has 3 aromatic rings. The second-order valence-corrected chi connectivity index (χ2v) is 5.93. The highest BCUT2D eigenvalue weighted by Gasteiger charge is 2.17. The van der Waals surface area contributed by atoms with E-state index in [9.17, 15) is 9.59 Å². The topological polar surface area (TPSA) is 128 Å². The molecule has 0 spiro atoms. The van der Waals surface area contributed by atoms with E-state index in [2.05, 4.69) is 26.2 Å². The van der Waals surface area contributed by atoms with Gasteiger partial charge in [-0.3, -0.25) is 4.79 Å². The molecule has 3 rings (SSSR count). The van der Waals surface area contributed by atoms with Crippen LogP contribution in [0.4, 0.5) is 10.5 Å². The Labute approximate surface area is 155 Å². The summed E-state index contributed by atoms with van der Waals surface area (Å²) in [5, 5.41) is 16.8. The number of rotatable bonds is 6. The number of aryl methyl sites for hydroxylation is 1. The predicted molar refractivity (Wildman–Crippen MR) is 99.4 cm³/mol. The number of urea groups is 1. The van der Waals surface area contributed by atoms with Crippen LogP contribution in [0.5, 0.6) is 0 Å². The second kappa shape index (κ2) is 8.09. The van der Waals surface area contributed by atoms with Gasteiger partial charge in [0, 0.05) is 18.3 Å². The van der Waals surface area contributed by atoms with Gasteiger partial charge in [-0.1, -0.05) is 42.5 Å². The molecule has 0 unspecified atom stereocenters. The summed E-state index contributed by atoms with van der Waals surface area (Å²) in [6.45, 7) is 0. The first-order valence-corrected chi connectivity index (χ1v) is 8.26. The zero-order valence-corrected chi connectivity index (χ0v) is 14.7. The van der Waals surface area contributed by atoms with Crippen molar-refractivity contribution in [2.24, 2.45) is 12.8 Å². The number of amides is 3. The molecule has 2 aromatic carbocycles. The molecular formula is C18H19N7O2. The standard InChI is InChI=1S/C18H19N7O2/c1-25-17(22-23-24-25)13-8-5-9-14(10-13)20-16(26)11-15(21-18(19)27)12-6-3-2-4-7-12/h2-10,15H,11H2,1H3,(H,20,26)(H3,19,21,27)/t15-/m0/s1. The van der Waals surface area contributed by atoms with Crippen molar-refractivity contribution in [3.63, 3.8) is 0 Å². The number of nitrogens with two attached hydrogens (primary N) is 1. The maximum Gasteiger partial charge on any atom is 0.312 e. The number of carbonyl (C=O) groups is 2. The van der Waals surface area contributed by atoms with E-state index >= 15 is 0 Å². The van der Waals surface area contributed by atoms with E-state index in [0.29, 0.717) is 11.5 Å². The molecule has 0 saturated carbocycles. The summed E-state index contributed by atoms with van der Waals surface area (Å²) in [5.74, 6) is 0.328. The molecule has 1 heterocycles. The number of hydrogen-bond acceptors (Lipinski definition) is 5. The van der Waals surface area contributed by atoms with Crippen LogP contribution in [0.1, 0.15) is 18.0 Å². The normalized spacial score (nSPS) is 11.6. The van der Waals surface area contributed by atoms with E-state index in [0.717, 1.165) is 11.1 Å². The van der Waals surface area contributed by atoms with E-state index in [1.165, 1.54) is 0 Å². The van der Waals surface area contributed by atoms with Gasteiger partial charge in [0.1, 0.15) is 0 Å². The van der Waals surface area contributed by atoms with Crippen molar-refractivity contribution in [1.29, 1.82) is 0 Å². The number of primary amides is 1. The lowest BCUT2D eigenvalue weighted by Gasteiger charge is -2.18. The molecule has 0 aliphatic carbocycles. The molecule has 27 heavy (non-hydrogen) atoms. The van der Waals surface area contributed by atoms with E-state index in [1.54, 1.807) is 29.9 Å². The Bertz CT molecular complexity index is 940. The van der Waals surface area contributed by atoms with Crippen molar-refractivity contribution in [3.8, 4) is 11.4 Å². The minimum atomic E-state index is -0.687. The summed E-state index contributed by atoms with van der Waals surface area (Å²) in [7, 11) is 1.74. The highest BCUT2D eigenvalue weighted by Crippen LogP contribution is 2.21. The van der Waals surface area contributed by atoms with Crippen LogP contribution in [0.2, 0.25) is 0 Å². The Hall–Kier alpha value is -3.75. The summed E-state index contributed by atoms with van der Waals surface area (Å²) in [5.41, 5.74) is 7.42. The molecule has 0 saturated heterocycles. The molecule has 4 N–H and O–H groups in total. The van der Waals surface area contributed by atoms with Crippen molar-refractivity contribution in [2.75, 3.05) is 5.32 Å². The third kappa shape index (κ3) is 4.66. The molecule has 0 radical (unpaired) electrons. The van der Waals surface area contributed by atoms with Crippen LogP contribution >= 0.6 is 0 Å². The Kier molecular flexibility index (Phi) is 5.41. The third-order valence-corrected chi connectivity index (χ3v) is 3.93. The zero-order chi connectivity index (χ0) is 19.2. The largest absolute Gasteiger partial charge is 0.352 e. The average Bonchev–Trinajstić information content (AvgIpc) is 3.08. The van der Waals surface area contributed by atoms with Crippen LogP contribution in [0.15, 0.2) is 54.6 Å². The molecule has 1 atom stereocenters. The number of aromatic nitrogens is 4. The highest BCUT2D eigenvalue weighted by molar-refractivity contribution is 5.92. The fraction of sp³-hybridized carbons (Fsp3) is 0.167. The molecule has 3 amide bonds. The maximum atomic E-state index is 12.5. The fourth-order valence-electron chi connectivity index (χ4n) is 2.72. The van der Waals surface area contributed by atoms with Gasteiger partial charge >= 0.3 is 6.03 Å². The molecule has 0 fully saturated rings. The van der Waals surface area contributed by atoms with Crippen molar-refractivity contribution in [2.45, 2.75) is 12.5 Å². The summed E-state index contributed by atoms with van der Waals surface area (Å²) < 4.78 is 1.54. The highest BCUT2D eigenvalue weighted by atomic mass is 16.2. The Morgan fingerprint density at radius 3 is 2.59 bits per heavy atom. The van der Waals surface area contributed by atoms with E-state index in [4.69, 9.17) is 5.73 Å². The fourth-order valence-corrected chi connectivity index (χ4v) is 2.72. The van der Waals surface area contributed by atoms with Gasteiger partial charge < -0.3 is 16.4 Å². The van der Waals surface area contributed by atoms with Crippen LogP contribution in [0.25, 0.3) is 11.4 Å². The van der Waals surface area contributed by atoms with E-state index < -0.39 is 12.1 Å². The molecular weight excluding hydrogens is 346 g/mol.